The normalized spacial score (nSPS) is 13.2. The van der Waals surface area contributed by atoms with E-state index < -0.39 is 5.97 Å². The summed E-state index contributed by atoms with van der Waals surface area (Å²) in [5, 5.41) is 11.6. The summed E-state index contributed by atoms with van der Waals surface area (Å²) in [7, 11) is 0. The SMILES string of the molecule is CCOC(=O)c1ccc2cc3c(cc2c1O)OCCO3. The third-order valence-electron chi connectivity index (χ3n) is 3.15. The third kappa shape index (κ3) is 2.01. The Kier molecular flexibility index (Phi) is 3.10. The zero-order chi connectivity index (χ0) is 14.1. The number of carbonyl (C=O) groups excluding carboxylic acids is 1. The number of fused-ring (bicyclic) bond motifs is 2. The van der Waals surface area contributed by atoms with E-state index in [1.165, 1.54) is 0 Å². The summed E-state index contributed by atoms with van der Waals surface area (Å²) < 4.78 is 15.9. The quantitative estimate of drug-likeness (QED) is 0.852. The lowest BCUT2D eigenvalue weighted by molar-refractivity contribution is 0.0523. The number of phenolic OH excluding ortho intramolecular Hbond substituents is 1. The largest absolute Gasteiger partial charge is 0.506 e. The Morgan fingerprint density at radius 1 is 1.25 bits per heavy atom. The van der Waals surface area contributed by atoms with Gasteiger partial charge in [-0.2, -0.15) is 0 Å². The maximum absolute atomic E-state index is 11.8. The lowest BCUT2D eigenvalue weighted by Gasteiger charge is -2.19. The molecule has 5 nitrogen and oxygen atoms in total. The number of esters is 1. The van der Waals surface area contributed by atoms with Crippen molar-refractivity contribution in [2.24, 2.45) is 0 Å². The van der Waals surface area contributed by atoms with Crippen LogP contribution in [0.3, 0.4) is 0 Å². The van der Waals surface area contributed by atoms with Gasteiger partial charge in [-0.25, -0.2) is 4.79 Å². The second kappa shape index (κ2) is 4.92. The molecule has 5 heteroatoms. The first-order valence-electron chi connectivity index (χ1n) is 6.43. The monoisotopic (exact) mass is 274 g/mol. The fourth-order valence-electron chi connectivity index (χ4n) is 2.22. The third-order valence-corrected chi connectivity index (χ3v) is 3.15. The number of benzene rings is 2. The summed E-state index contributed by atoms with van der Waals surface area (Å²) in [6.07, 6.45) is 0. The van der Waals surface area contributed by atoms with Gasteiger partial charge in [-0.15, -0.1) is 0 Å². The molecule has 0 saturated heterocycles. The summed E-state index contributed by atoms with van der Waals surface area (Å²) in [5.41, 5.74) is 0.149. The first kappa shape index (κ1) is 12.6. The molecule has 0 amide bonds. The van der Waals surface area contributed by atoms with Crippen LogP contribution in [0.15, 0.2) is 24.3 Å². The molecule has 1 N–H and O–H groups in total. The molecule has 104 valence electrons. The number of rotatable bonds is 2. The number of aromatic hydroxyl groups is 1. The summed E-state index contributed by atoms with van der Waals surface area (Å²) in [5.74, 6) is 0.576. The van der Waals surface area contributed by atoms with E-state index in [1.54, 1.807) is 31.2 Å². The van der Waals surface area contributed by atoms with Gasteiger partial charge in [0.1, 0.15) is 24.5 Å². The van der Waals surface area contributed by atoms with E-state index in [1.807, 2.05) is 0 Å². The molecule has 2 aromatic rings. The minimum Gasteiger partial charge on any atom is -0.506 e. The number of hydrogen-bond acceptors (Lipinski definition) is 5. The molecule has 0 atom stereocenters. The average molecular weight is 274 g/mol. The fourth-order valence-corrected chi connectivity index (χ4v) is 2.22. The number of ether oxygens (including phenoxy) is 3. The highest BCUT2D eigenvalue weighted by Gasteiger charge is 2.18. The minimum atomic E-state index is -0.540. The van der Waals surface area contributed by atoms with Crippen LogP contribution in [-0.4, -0.2) is 30.9 Å². The highest BCUT2D eigenvalue weighted by Crippen LogP contribution is 2.39. The summed E-state index contributed by atoms with van der Waals surface area (Å²) in [4.78, 5) is 11.8. The Morgan fingerprint density at radius 2 is 1.95 bits per heavy atom. The van der Waals surface area contributed by atoms with Gasteiger partial charge in [0.15, 0.2) is 11.5 Å². The minimum absolute atomic E-state index is 0.0991. The van der Waals surface area contributed by atoms with Crippen LogP contribution in [0, 0.1) is 0 Å². The second-order valence-corrected chi connectivity index (χ2v) is 4.40. The van der Waals surface area contributed by atoms with E-state index in [4.69, 9.17) is 14.2 Å². The van der Waals surface area contributed by atoms with Gasteiger partial charge in [-0.3, -0.25) is 0 Å². The van der Waals surface area contributed by atoms with Gasteiger partial charge in [0.2, 0.25) is 0 Å². The van der Waals surface area contributed by atoms with Gasteiger partial charge in [-0.1, -0.05) is 6.07 Å². The molecule has 0 saturated carbocycles. The molecule has 1 aliphatic heterocycles. The smallest absolute Gasteiger partial charge is 0.341 e. The van der Waals surface area contributed by atoms with Gasteiger partial charge >= 0.3 is 5.97 Å². The number of phenols is 1. The van der Waals surface area contributed by atoms with E-state index in [9.17, 15) is 9.90 Å². The van der Waals surface area contributed by atoms with Crippen molar-refractivity contribution in [3.05, 3.63) is 29.8 Å². The molecule has 0 fully saturated rings. The van der Waals surface area contributed by atoms with Crippen molar-refractivity contribution >= 4 is 16.7 Å². The van der Waals surface area contributed by atoms with Gasteiger partial charge in [0, 0.05) is 5.39 Å². The van der Waals surface area contributed by atoms with Crippen molar-refractivity contribution < 1.29 is 24.1 Å². The molecule has 0 aromatic heterocycles. The maximum atomic E-state index is 11.8. The van der Waals surface area contributed by atoms with Gasteiger partial charge in [0.25, 0.3) is 0 Å². The molecule has 0 bridgehead atoms. The first-order valence-corrected chi connectivity index (χ1v) is 6.43. The Balaban J connectivity index is 2.14. The zero-order valence-corrected chi connectivity index (χ0v) is 11.0. The summed E-state index contributed by atoms with van der Waals surface area (Å²) >= 11 is 0. The van der Waals surface area contributed by atoms with Gasteiger partial charge in [0.05, 0.1) is 6.61 Å². The highest BCUT2D eigenvalue weighted by atomic mass is 16.6. The van der Waals surface area contributed by atoms with E-state index in [0.717, 1.165) is 5.39 Å². The van der Waals surface area contributed by atoms with Crippen LogP contribution in [0.5, 0.6) is 17.2 Å². The van der Waals surface area contributed by atoms with Gasteiger partial charge in [-0.05, 0) is 30.5 Å². The molecule has 0 radical (unpaired) electrons. The first-order chi connectivity index (χ1) is 9.70. The van der Waals surface area contributed by atoms with Crippen LogP contribution >= 0.6 is 0 Å². The predicted octanol–water partition coefficient (Wildman–Crippen LogP) is 2.49. The standard InChI is InChI=1S/C15H14O5/c1-2-18-15(17)10-4-3-9-7-12-13(20-6-5-19-12)8-11(9)14(10)16/h3-4,7-8,16H,2,5-6H2,1H3. The van der Waals surface area contributed by atoms with Crippen LogP contribution in [0.25, 0.3) is 10.8 Å². The van der Waals surface area contributed by atoms with Crippen molar-refractivity contribution in [3.63, 3.8) is 0 Å². The van der Waals surface area contributed by atoms with Crippen LogP contribution in [-0.2, 0) is 4.74 Å². The molecule has 0 unspecified atom stereocenters. The fraction of sp³-hybridized carbons (Fsp3) is 0.267. The topological polar surface area (TPSA) is 65.0 Å². The van der Waals surface area contributed by atoms with Crippen LogP contribution in [0.4, 0.5) is 0 Å². The number of hydrogen-bond donors (Lipinski definition) is 1. The summed E-state index contributed by atoms with van der Waals surface area (Å²) in [6.45, 7) is 2.96. The van der Waals surface area contributed by atoms with Crippen LogP contribution in [0.1, 0.15) is 17.3 Å². The summed E-state index contributed by atoms with van der Waals surface area (Å²) in [6, 6.07) is 6.77. The molecule has 1 aliphatic rings. The van der Waals surface area contributed by atoms with Crippen molar-refractivity contribution in [1.29, 1.82) is 0 Å². The van der Waals surface area contributed by atoms with Crippen molar-refractivity contribution in [1.82, 2.24) is 0 Å². The lowest BCUT2D eigenvalue weighted by Crippen LogP contribution is -2.15. The van der Waals surface area contributed by atoms with E-state index >= 15 is 0 Å². The number of carbonyl (C=O) groups is 1. The predicted molar refractivity (Wildman–Crippen MR) is 72.6 cm³/mol. The van der Waals surface area contributed by atoms with Crippen molar-refractivity contribution in [3.8, 4) is 17.2 Å². The highest BCUT2D eigenvalue weighted by molar-refractivity contribution is 6.02. The molecule has 2 aromatic carbocycles. The van der Waals surface area contributed by atoms with Crippen LogP contribution in [0.2, 0.25) is 0 Å². The molecule has 0 aliphatic carbocycles. The molecule has 1 heterocycles. The Bertz CT molecular complexity index is 678. The van der Waals surface area contributed by atoms with E-state index in [0.29, 0.717) is 30.1 Å². The van der Waals surface area contributed by atoms with E-state index in [2.05, 4.69) is 0 Å². The second-order valence-electron chi connectivity index (χ2n) is 4.40. The maximum Gasteiger partial charge on any atom is 0.341 e. The van der Waals surface area contributed by atoms with Crippen molar-refractivity contribution in [2.45, 2.75) is 6.92 Å². The zero-order valence-electron chi connectivity index (χ0n) is 11.0. The van der Waals surface area contributed by atoms with Crippen LogP contribution < -0.4 is 9.47 Å². The Morgan fingerprint density at radius 3 is 2.65 bits per heavy atom. The Labute approximate surface area is 115 Å². The molecular formula is C15H14O5. The molecular weight excluding hydrogens is 260 g/mol. The molecule has 0 spiro atoms. The molecule has 20 heavy (non-hydrogen) atoms. The Hall–Kier alpha value is -2.43. The molecule has 3 rings (SSSR count). The lowest BCUT2D eigenvalue weighted by atomic mass is 10.0. The van der Waals surface area contributed by atoms with E-state index in [-0.39, 0.29) is 17.9 Å². The average Bonchev–Trinajstić information content (AvgIpc) is 2.46. The van der Waals surface area contributed by atoms with Gasteiger partial charge < -0.3 is 19.3 Å². The van der Waals surface area contributed by atoms with Crippen molar-refractivity contribution in [2.75, 3.05) is 19.8 Å².